The van der Waals surface area contributed by atoms with Crippen LogP contribution in [0.2, 0.25) is 0 Å². The molecule has 1 atom stereocenters. The highest BCUT2D eigenvalue weighted by Crippen LogP contribution is 2.30. The fourth-order valence-electron chi connectivity index (χ4n) is 3.34. The molecule has 1 saturated heterocycles. The van der Waals surface area contributed by atoms with Crippen molar-refractivity contribution >= 4 is 17.1 Å². The first-order valence-corrected chi connectivity index (χ1v) is 8.03. The average Bonchev–Trinajstić information content (AvgIpc) is 3.24. The van der Waals surface area contributed by atoms with E-state index in [4.69, 9.17) is 5.73 Å². The number of aromatic amines is 1. The van der Waals surface area contributed by atoms with Gasteiger partial charge in [-0.1, -0.05) is 18.2 Å². The number of benzene rings is 1. The zero-order valence-corrected chi connectivity index (χ0v) is 13.2. The summed E-state index contributed by atoms with van der Waals surface area (Å²) < 4.78 is 0. The van der Waals surface area contributed by atoms with Gasteiger partial charge in [0.05, 0.1) is 6.33 Å². The maximum Gasteiger partial charge on any atom is 0.222 e. The zero-order valence-electron chi connectivity index (χ0n) is 13.2. The Labute approximate surface area is 134 Å². The third-order valence-electron chi connectivity index (χ3n) is 4.63. The minimum atomic E-state index is 0.248. The Morgan fingerprint density at radius 2 is 2.04 bits per heavy atom. The van der Waals surface area contributed by atoms with Gasteiger partial charge >= 0.3 is 0 Å². The van der Waals surface area contributed by atoms with Crippen molar-refractivity contribution in [2.24, 2.45) is 0 Å². The first kappa shape index (κ1) is 14.1. The predicted octanol–water partition coefficient (Wildman–Crippen LogP) is 2.76. The molecule has 1 fully saturated rings. The Bertz CT molecular complexity index is 834. The van der Waals surface area contributed by atoms with Crippen molar-refractivity contribution in [1.29, 1.82) is 0 Å². The molecule has 3 heterocycles. The van der Waals surface area contributed by atoms with E-state index >= 15 is 0 Å². The topological polar surface area (TPSA) is 83.7 Å². The van der Waals surface area contributed by atoms with Crippen LogP contribution in [0.3, 0.4) is 0 Å². The van der Waals surface area contributed by atoms with Gasteiger partial charge in [0.1, 0.15) is 11.2 Å². The van der Waals surface area contributed by atoms with E-state index in [1.165, 1.54) is 31.5 Å². The summed E-state index contributed by atoms with van der Waals surface area (Å²) >= 11 is 0. The molecule has 0 aliphatic carbocycles. The SMILES string of the molecule is CC(c1cccc(-c2nc(N)nc3nc[nH]c23)c1)N1CCCC1. The van der Waals surface area contributed by atoms with E-state index in [2.05, 4.69) is 56.0 Å². The normalized spacial score (nSPS) is 16.9. The standard InChI is InChI=1S/C17H20N6/c1-11(23-7-2-3-8-23)12-5-4-6-13(9-12)14-15-16(20-10-19-15)22-17(18)21-14/h4-6,9-11H,2-3,7-8H2,1H3,(H3,18,19,20,21,22). The van der Waals surface area contributed by atoms with Crippen molar-refractivity contribution in [2.75, 3.05) is 18.8 Å². The number of rotatable bonds is 3. The molecular formula is C17H20N6. The number of nitrogens with one attached hydrogen (secondary N) is 1. The molecule has 0 spiro atoms. The maximum atomic E-state index is 5.83. The van der Waals surface area contributed by atoms with Gasteiger partial charge in [-0.15, -0.1) is 0 Å². The van der Waals surface area contributed by atoms with E-state index in [0.29, 0.717) is 11.7 Å². The number of aromatic nitrogens is 4. The van der Waals surface area contributed by atoms with E-state index in [1.54, 1.807) is 6.33 Å². The number of nitrogens with zero attached hydrogens (tertiary/aromatic N) is 4. The van der Waals surface area contributed by atoms with Crippen molar-refractivity contribution in [3.05, 3.63) is 36.2 Å². The highest BCUT2D eigenvalue weighted by molar-refractivity contribution is 5.87. The zero-order chi connectivity index (χ0) is 15.8. The lowest BCUT2D eigenvalue weighted by molar-refractivity contribution is 0.263. The Morgan fingerprint density at radius 3 is 2.87 bits per heavy atom. The number of nitrogen functional groups attached to an aromatic ring is 1. The molecule has 6 heteroatoms. The van der Waals surface area contributed by atoms with Gasteiger partial charge in [0.15, 0.2) is 5.65 Å². The number of anilines is 1. The highest BCUT2D eigenvalue weighted by Gasteiger charge is 2.20. The van der Waals surface area contributed by atoms with Crippen LogP contribution < -0.4 is 5.73 Å². The number of hydrogen-bond acceptors (Lipinski definition) is 5. The summed E-state index contributed by atoms with van der Waals surface area (Å²) in [7, 11) is 0. The number of hydrogen-bond donors (Lipinski definition) is 2. The molecule has 1 aromatic carbocycles. The summed E-state index contributed by atoms with van der Waals surface area (Å²) in [5, 5.41) is 0. The largest absolute Gasteiger partial charge is 0.368 e. The maximum absolute atomic E-state index is 5.83. The van der Waals surface area contributed by atoms with E-state index in [-0.39, 0.29) is 5.95 Å². The van der Waals surface area contributed by atoms with Gasteiger partial charge in [-0.25, -0.2) is 9.97 Å². The van der Waals surface area contributed by atoms with Gasteiger partial charge in [0.2, 0.25) is 5.95 Å². The number of H-pyrrole nitrogens is 1. The molecule has 6 nitrogen and oxygen atoms in total. The summed E-state index contributed by atoms with van der Waals surface area (Å²) in [6, 6.07) is 8.93. The van der Waals surface area contributed by atoms with Crippen LogP contribution in [0, 0.1) is 0 Å². The van der Waals surface area contributed by atoms with Crippen LogP contribution in [0.15, 0.2) is 30.6 Å². The molecule has 0 radical (unpaired) electrons. The van der Waals surface area contributed by atoms with Gasteiger partial charge in [-0.3, -0.25) is 4.90 Å². The molecule has 118 valence electrons. The quantitative estimate of drug-likeness (QED) is 0.777. The minimum absolute atomic E-state index is 0.248. The number of nitrogens with two attached hydrogens (primary N) is 1. The Morgan fingerprint density at radius 1 is 1.22 bits per heavy atom. The van der Waals surface area contributed by atoms with Crippen LogP contribution in [-0.4, -0.2) is 37.9 Å². The molecule has 0 bridgehead atoms. The van der Waals surface area contributed by atoms with E-state index in [1.807, 2.05) is 0 Å². The summed E-state index contributed by atoms with van der Waals surface area (Å²) in [4.78, 5) is 18.4. The number of fused-ring (bicyclic) bond motifs is 1. The fourth-order valence-corrected chi connectivity index (χ4v) is 3.34. The van der Waals surface area contributed by atoms with Gasteiger partial charge in [-0.2, -0.15) is 4.98 Å². The fraction of sp³-hybridized carbons (Fsp3) is 0.353. The Hall–Kier alpha value is -2.47. The molecular weight excluding hydrogens is 288 g/mol. The van der Waals surface area contributed by atoms with Gasteiger partial charge < -0.3 is 10.7 Å². The van der Waals surface area contributed by atoms with Crippen LogP contribution in [-0.2, 0) is 0 Å². The Kier molecular flexibility index (Phi) is 3.46. The third-order valence-corrected chi connectivity index (χ3v) is 4.63. The molecule has 2 aromatic heterocycles. The van der Waals surface area contributed by atoms with E-state index in [9.17, 15) is 0 Å². The third kappa shape index (κ3) is 2.55. The van der Waals surface area contributed by atoms with Crippen molar-refractivity contribution in [3.8, 4) is 11.3 Å². The first-order valence-electron chi connectivity index (χ1n) is 8.03. The second kappa shape index (κ2) is 5.62. The molecule has 1 aliphatic rings. The van der Waals surface area contributed by atoms with E-state index in [0.717, 1.165) is 16.8 Å². The van der Waals surface area contributed by atoms with Crippen LogP contribution >= 0.6 is 0 Å². The van der Waals surface area contributed by atoms with Gasteiger partial charge in [0, 0.05) is 11.6 Å². The molecule has 1 aliphatic heterocycles. The minimum Gasteiger partial charge on any atom is -0.368 e. The molecule has 1 unspecified atom stereocenters. The number of likely N-dealkylation sites (tertiary alicyclic amines) is 1. The van der Waals surface area contributed by atoms with Crippen LogP contribution in [0.25, 0.3) is 22.4 Å². The molecule has 4 rings (SSSR count). The lowest BCUT2D eigenvalue weighted by Crippen LogP contribution is -2.23. The summed E-state index contributed by atoms with van der Waals surface area (Å²) in [6.07, 6.45) is 4.21. The molecule has 3 aromatic rings. The molecule has 0 amide bonds. The number of imidazole rings is 1. The summed E-state index contributed by atoms with van der Waals surface area (Å²) in [5.74, 6) is 0.248. The van der Waals surface area contributed by atoms with Crippen LogP contribution in [0.4, 0.5) is 5.95 Å². The lowest BCUT2D eigenvalue weighted by Gasteiger charge is -2.24. The second-order valence-electron chi connectivity index (χ2n) is 6.08. The smallest absolute Gasteiger partial charge is 0.222 e. The first-order chi connectivity index (χ1) is 11.2. The average molecular weight is 308 g/mol. The van der Waals surface area contributed by atoms with Crippen LogP contribution in [0.1, 0.15) is 31.4 Å². The predicted molar refractivity (Wildman–Crippen MR) is 90.8 cm³/mol. The second-order valence-corrected chi connectivity index (χ2v) is 6.08. The molecule has 0 saturated carbocycles. The van der Waals surface area contributed by atoms with Crippen molar-refractivity contribution < 1.29 is 0 Å². The summed E-state index contributed by atoms with van der Waals surface area (Å²) in [5.41, 5.74) is 10.4. The van der Waals surface area contributed by atoms with E-state index < -0.39 is 0 Å². The van der Waals surface area contributed by atoms with Gasteiger partial charge in [-0.05, 0) is 44.5 Å². The van der Waals surface area contributed by atoms with Crippen molar-refractivity contribution in [2.45, 2.75) is 25.8 Å². The Balaban J connectivity index is 1.76. The van der Waals surface area contributed by atoms with Crippen LogP contribution in [0.5, 0.6) is 0 Å². The van der Waals surface area contributed by atoms with Crippen molar-refractivity contribution in [1.82, 2.24) is 24.8 Å². The molecule has 23 heavy (non-hydrogen) atoms. The van der Waals surface area contributed by atoms with Gasteiger partial charge in [0.25, 0.3) is 0 Å². The molecule has 3 N–H and O–H groups in total. The highest BCUT2D eigenvalue weighted by atomic mass is 15.2. The summed E-state index contributed by atoms with van der Waals surface area (Å²) in [6.45, 7) is 4.62. The van der Waals surface area contributed by atoms with Crippen molar-refractivity contribution in [3.63, 3.8) is 0 Å². The lowest BCUT2D eigenvalue weighted by atomic mass is 10.0. The monoisotopic (exact) mass is 308 g/mol.